The Hall–Kier alpha value is -0.500. The fourth-order valence-corrected chi connectivity index (χ4v) is 5.62. The van der Waals surface area contributed by atoms with Crippen LogP contribution in [0.3, 0.4) is 0 Å². The molecule has 0 amide bonds. The lowest BCUT2D eigenvalue weighted by atomic mass is 9.28. The monoisotopic (exact) mass is 233 g/mol. The molecule has 4 aliphatic rings. The third-order valence-electron chi connectivity index (χ3n) is 6.83. The van der Waals surface area contributed by atoms with Crippen LogP contribution in [0.2, 0.25) is 0 Å². The minimum atomic E-state index is 0.460. The van der Waals surface area contributed by atoms with Crippen molar-refractivity contribution in [3.05, 3.63) is 11.8 Å². The van der Waals surface area contributed by atoms with Crippen molar-refractivity contribution in [3.8, 4) is 0 Å². The van der Waals surface area contributed by atoms with Gasteiger partial charge in [-0.25, -0.2) is 0 Å². The summed E-state index contributed by atoms with van der Waals surface area (Å²) in [4.78, 5) is 2.60. The van der Waals surface area contributed by atoms with Gasteiger partial charge in [-0.2, -0.15) is 0 Å². The van der Waals surface area contributed by atoms with Crippen LogP contribution >= 0.6 is 0 Å². The third kappa shape index (κ3) is 0.885. The van der Waals surface area contributed by atoms with E-state index in [1.165, 1.54) is 12.8 Å². The second-order valence-electron chi connectivity index (χ2n) is 7.23. The number of morpholine rings is 1. The summed E-state index contributed by atoms with van der Waals surface area (Å²) in [5.74, 6) is 0.851. The minimum absolute atomic E-state index is 0.460. The van der Waals surface area contributed by atoms with Gasteiger partial charge in [0.15, 0.2) is 0 Å². The second-order valence-corrected chi connectivity index (χ2v) is 7.23. The molecule has 0 spiro atoms. The summed E-state index contributed by atoms with van der Waals surface area (Å²) in [5, 5.41) is 0. The maximum atomic E-state index is 5.49. The van der Waals surface area contributed by atoms with Gasteiger partial charge in [-0.3, -0.25) is 0 Å². The van der Waals surface area contributed by atoms with E-state index in [9.17, 15) is 0 Å². The number of hydrogen-bond donors (Lipinski definition) is 0. The fraction of sp³-hybridized carbons (Fsp3) is 0.867. The highest BCUT2D eigenvalue weighted by atomic mass is 16.5. The van der Waals surface area contributed by atoms with Crippen LogP contribution in [0.4, 0.5) is 0 Å². The molecular formula is C15H23NO. The standard InChI is InChI=1S/C15H23NO/c1-13-9-11-8-12(16-4-6-17-7-5-16)14(2,10-13)15(11,13)3/h8,11H,4-7,9-10H2,1-3H3. The van der Waals surface area contributed by atoms with E-state index < -0.39 is 0 Å². The van der Waals surface area contributed by atoms with Gasteiger partial charge in [0.05, 0.1) is 13.2 Å². The second kappa shape index (κ2) is 2.74. The third-order valence-corrected chi connectivity index (χ3v) is 6.83. The fourth-order valence-electron chi connectivity index (χ4n) is 5.62. The van der Waals surface area contributed by atoms with E-state index in [0.29, 0.717) is 16.2 Å². The zero-order valence-electron chi connectivity index (χ0n) is 11.3. The van der Waals surface area contributed by atoms with Gasteiger partial charge < -0.3 is 9.64 Å². The lowest BCUT2D eigenvalue weighted by molar-refractivity contribution is -0.269. The molecular weight excluding hydrogens is 210 g/mol. The average Bonchev–Trinajstić information content (AvgIpc) is 2.44. The van der Waals surface area contributed by atoms with Crippen LogP contribution in [0.1, 0.15) is 33.6 Å². The van der Waals surface area contributed by atoms with Crippen molar-refractivity contribution in [1.82, 2.24) is 4.90 Å². The Balaban J connectivity index is 1.68. The van der Waals surface area contributed by atoms with Gasteiger partial charge in [0, 0.05) is 24.2 Å². The molecule has 3 fully saturated rings. The molecule has 17 heavy (non-hydrogen) atoms. The van der Waals surface area contributed by atoms with E-state index in [-0.39, 0.29) is 0 Å². The van der Waals surface area contributed by atoms with Crippen molar-refractivity contribution in [2.75, 3.05) is 26.3 Å². The number of nitrogens with zero attached hydrogens (tertiary/aromatic N) is 1. The van der Waals surface area contributed by atoms with Crippen molar-refractivity contribution in [3.63, 3.8) is 0 Å². The predicted octanol–water partition coefficient (Wildman–Crippen LogP) is 2.66. The van der Waals surface area contributed by atoms with E-state index in [1.807, 2.05) is 0 Å². The first kappa shape index (κ1) is 10.4. The van der Waals surface area contributed by atoms with E-state index in [0.717, 1.165) is 32.2 Å². The molecule has 2 heteroatoms. The van der Waals surface area contributed by atoms with Crippen LogP contribution < -0.4 is 0 Å². The molecule has 4 atom stereocenters. The summed E-state index contributed by atoms with van der Waals surface area (Å²) in [6, 6.07) is 0. The maximum Gasteiger partial charge on any atom is 0.0642 e. The van der Waals surface area contributed by atoms with Crippen molar-refractivity contribution in [2.24, 2.45) is 22.2 Å². The van der Waals surface area contributed by atoms with Gasteiger partial charge >= 0.3 is 0 Å². The highest BCUT2D eigenvalue weighted by Gasteiger charge is 2.79. The highest BCUT2D eigenvalue weighted by molar-refractivity contribution is 5.42. The largest absolute Gasteiger partial charge is 0.378 e. The topological polar surface area (TPSA) is 12.5 Å². The number of rotatable bonds is 1. The Morgan fingerprint density at radius 2 is 1.94 bits per heavy atom. The quantitative estimate of drug-likeness (QED) is 0.690. The summed E-state index contributed by atoms with van der Waals surface area (Å²) in [7, 11) is 0. The zero-order chi connectivity index (χ0) is 11.9. The van der Waals surface area contributed by atoms with Crippen LogP contribution in [-0.4, -0.2) is 31.2 Å². The van der Waals surface area contributed by atoms with Crippen LogP contribution in [0, 0.1) is 22.2 Å². The molecule has 94 valence electrons. The number of ether oxygens (including phenoxy) is 1. The molecule has 0 aromatic rings. The van der Waals surface area contributed by atoms with Crippen LogP contribution in [0.25, 0.3) is 0 Å². The minimum Gasteiger partial charge on any atom is -0.378 e. The molecule has 2 nitrogen and oxygen atoms in total. The smallest absolute Gasteiger partial charge is 0.0642 e. The average molecular weight is 233 g/mol. The summed E-state index contributed by atoms with van der Waals surface area (Å²) in [5.41, 5.74) is 3.32. The van der Waals surface area contributed by atoms with Gasteiger partial charge in [0.25, 0.3) is 0 Å². The lowest BCUT2D eigenvalue weighted by Gasteiger charge is -2.76. The molecule has 1 saturated heterocycles. The molecule has 3 aliphatic carbocycles. The van der Waals surface area contributed by atoms with Gasteiger partial charge in [-0.15, -0.1) is 0 Å². The summed E-state index contributed by atoms with van der Waals surface area (Å²) in [6.07, 6.45) is 5.43. The predicted molar refractivity (Wildman–Crippen MR) is 67.5 cm³/mol. The van der Waals surface area contributed by atoms with Crippen molar-refractivity contribution in [1.29, 1.82) is 0 Å². The molecule has 4 unspecified atom stereocenters. The van der Waals surface area contributed by atoms with Crippen LogP contribution in [-0.2, 0) is 4.74 Å². The molecule has 4 rings (SSSR count). The first-order chi connectivity index (χ1) is 8.01. The molecule has 0 aromatic heterocycles. The Bertz CT molecular complexity index is 411. The summed E-state index contributed by atoms with van der Waals surface area (Å²) < 4.78 is 5.49. The first-order valence-electron chi connectivity index (χ1n) is 7.06. The molecule has 0 N–H and O–H groups in total. The van der Waals surface area contributed by atoms with Gasteiger partial charge in [0.2, 0.25) is 0 Å². The lowest BCUT2D eigenvalue weighted by Crippen LogP contribution is -2.71. The molecule has 1 heterocycles. The van der Waals surface area contributed by atoms with Gasteiger partial charge in [-0.05, 0) is 29.6 Å². The molecule has 0 radical (unpaired) electrons. The Morgan fingerprint density at radius 3 is 2.53 bits per heavy atom. The molecule has 0 aromatic carbocycles. The first-order valence-corrected chi connectivity index (χ1v) is 7.06. The molecule has 0 bridgehead atoms. The Kier molecular flexibility index (Phi) is 1.68. The van der Waals surface area contributed by atoms with Crippen molar-refractivity contribution < 1.29 is 4.74 Å². The van der Waals surface area contributed by atoms with Crippen molar-refractivity contribution in [2.45, 2.75) is 33.6 Å². The van der Waals surface area contributed by atoms with Crippen LogP contribution in [0.5, 0.6) is 0 Å². The van der Waals surface area contributed by atoms with Crippen molar-refractivity contribution >= 4 is 0 Å². The van der Waals surface area contributed by atoms with E-state index in [4.69, 9.17) is 4.74 Å². The Morgan fingerprint density at radius 1 is 1.24 bits per heavy atom. The van der Waals surface area contributed by atoms with Gasteiger partial charge in [0.1, 0.15) is 0 Å². The number of hydrogen-bond acceptors (Lipinski definition) is 2. The number of allylic oxidation sites excluding steroid dienone is 2. The van der Waals surface area contributed by atoms with Crippen LogP contribution in [0.15, 0.2) is 11.8 Å². The van der Waals surface area contributed by atoms with Gasteiger partial charge in [-0.1, -0.05) is 26.8 Å². The maximum absolute atomic E-state index is 5.49. The zero-order valence-corrected chi connectivity index (χ0v) is 11.3. The summed E-state index contributed by atoms with van der Waals surface area (Å²) >= 11 is 0. The van der Waals surface area contributed by atoms with E-state index in [2.05, 4.69) is 31.7 Å². The highest BCUT2D eigenvalue weighted by Crippen LogP contribution is 2.86. The Labute approximate surface area is 104 Å². The summed E-state index contributed by atoms with van der Waals surface area (Å²) in [6.45, 7) is 11.6. The SMILES string of the molecule is CC12CC3C=C(N4CCOCC4)C(C)(C1)C32C. The molecule has 1 aliphatic heterocycles. The van der Waals surface area contributed by atoms with E-state index in [1.54, 1.807) is 5.70 Å². The molecule has 2 saturated carbocycles. The normalized spacial score (nSPS) is 55.8. The van der Waals surface area contributed by atoms with E-state index >= 15 is 0 Å².